The highest BCUT2D eigenvalue weighted by Gasteiger charge is 2.29. The summed E-state index contributed by atoms with van der Waals surface area (Å²) in [6.45, 7) is 0. The number of rotatable bonds is 6. The second-order valence-corrected chi connectivity index (χ2v) is 8.24. The van der Waals surface area contributed by atoms with Crippen molar-refractivity contribution in [1.82, 2.24) is 9.78 Å². The summed E-state index contributed by atoms with van der Waals surface area (Å²) in [4.78, 5) is 11.2. The van der Waals surface area contributed by atoms with Gasteiger partial charge < -0.3 is 5.11 Å². The van der Waals surface area contributed by atoms with Gasteiger partial charge >= 0.3 is 12.1 Å². The average molecular weight is 500 g/mol. The molecule has 0 aliphatic heterocycles. The van der Waals surface area contributed by atoms with Crippen LogP contribution in [0.1, 0.15) is 21.5 Å². The molecule has 2 N–H and O–H groups in total. The highest BCUT2D eigenvalue weighted by molar-refractivity contribution is 5.93. The van der Waals surface area contributed by atoms with E-state index in [1.54, 1.807) is 23.0 Å². The molecule has 1 heterocycles. The highest BCUT2D eigenvalue weighted by Crippen LogP contribution is 2.30. The van der Waals surface area contributed by atoms with Crippen LogP contribution >= 0.6 is 0 Å². The Balaban J connectivity index is 1.49. The molecule has 4 aromatic carbocycles. The summed E-state index contributed by atoms with van der Waals surface area (Å²) in [5.41, 5.74) is 5.34. The minimum absolute atomic E-state index is 0.160. The molecular formula is C28H19F3N4O2. The van der Waals surface area contributed by atoms with E-state index in [9.17, 15) is 23.1 Å². The Labute approximate surface area is 209 Å². The number of hydrogen-bond acceptors (Lipinski definition) is 4. The molecule has 0 saturated heterocycles. The first-order valence-electron chi connectivity index (χ1n) is 11.2. The average Bonchev–Trinajstić information content (AvgIpc) is 3.32. The lowest BCUT2D eigenvalue weighted by atomic mass is 10.0. The van der Waals surface area contributed by atoms with Crippen LogP contribution < -0.4 is 5.43 Å². The van der Waals surface area contributed by atoms with Crippen molar-refractivity contribution in [3.63, 3.8) is 0 Å². The molecule has 0 spiro atoms. The number of fused-ring (bicyclic) bond motifs is 1. The fourth-order valence-corrected chi connectivity index (χ4v) is 3.84. The Kier molecular flexibility index (Phi) is 6.19. The SMILES string of the molecule is O=C(O)c1ccc(-n2cc(/C=N/Nc3ccc(C(F)(F)F)cc3)c(-c3ccc4ccccc4c3)n2)cc1. The van der Waals surface area contributed by atoms with E-state index >= 15 is 0 Å². The second-order valence-electron chi connectivity index (χ2n) is 8.24. The topological polar surface area (TPSA) is 79.5 Å². The minimum Gasteiger partial charge on any atom is -0.478 e. The predicted octanol–water partition coefficient (Wildman–Crippen LogP) is 6.86. The number of benzene rings is 4. The summed E-state index contributed by atoms with van der Waals surface area (Å²) in [6.07, 6.45) is -1.12. The lowest BCUT2D eigenvalue weighted by Gasteiger charge is -2.07. The Bertz CT molecular complexity index is 1610. The van der Waals surface area contributed by atoms with Crippen LogP contribution in [0.3, 0.4) is 0 Å². The van der Waals surface area contributed by atoms with Crippen LogP contribution in [0.15, 0.2) is 102 Å². The molecule has 184 valence electrons. The van der Waals surface area contributed by atoms with Crippen molar-refractivity contribution in [1.29, 1.82) is 0 Å². The molecule has 0 atom stereocenters. The molecule has 0 amide bonds. The maximum atomic E-state index is 12.8. The quantitative estimate of drug-likeness (QED) is 0.197. The number of carboxylic acid groups (broad SMARTS) is 1. The number of nitrogens with zero attached hydrogens (tertiary/aromatic N) is 3. The number of aromatic nitrogens is 2. The van der Waals surface area contributed by atoms with Gasteiger partial charge in [-0.15, -0.1) is 0 Å². The lowest BCUT2D eigenvalue weighted by molar-refractivity contribution is -0.137. The molecule has 0 fully saturated rings. The van der Waals surface area contributed by atoms with E-state index in [1.807, 2.05) is 42.5 Å². The van der Waals surface area contributed by atoms with E-state index in [4.69, 9.17) is 5.10 Å². The van der Waals surface area contributed by atoms with Gasteiger partial charge in [0.25, 0.3) is 0 Å². The van der Waals surface area contributed by atoms with Gasteiger partial charge in [-0.05, 0) is 65.4 Å². The second kappa shape index (κ2) is 9.62. The van der Waals surface area contributed by atoms with Gasteiger partial charge in [-0.3, -0.25) is 5.43 Å². The number of hydrogen-bond donors (Lipinski definition) is 2. The monoisotopic (exact) mass is 500 g/mol. The van der Waals surface area contributed by atoms with Gasteiger partial charge in [0, 0.05) is 17.3 Å². The van der Waals surface area contributed by atoms with Crippen molar-refractivity contribution in [2.24, 2.45) is 5.10 Å². The number of nitrogens with one attached hydrogen (secondary N) is 1. The van der Waals surface area contributed by atoms with E-state index in [-0.39, 0.29) is 5.56 Å². The number of anilines is 1. The van der Waals surface area contributed by atoms with Crippen LogP contribution in [-0.2, 0) is 6.18 Å². The molecule has 0 saturated carbocycles. The third kappa shape index (κ3) is 5.20. The van der Waals surface area contributed by atoms with Crippen LogP contribution in [0.2, 0.25) is 0 Å². The molecule has 0 bridgehead atoms. The van der Waals surface area contributed by atoms with Crippen LogP contribution in [-0.4, -0.2) is 27.1 Å². The maximum Gasteiger partial charge on any atom is 0.416 e. The van der Waals surface area contributed by atoms with E-state index in [2.05, 4.69) is 10.5 Å². The molecule has 5 rings (SSSR count). The summed E-state index contributed by atoms with van der Waals surface area (Å²) in [5.74, 6) is -1.02. The summed E-state index contributed by atoms with van der Waals surface area (Å²) in [6, 6.07) is 24.7. The van der Waals surface area contributed by atoms with Crippen LogP contribution in [0.5, 0.6) is 0 Å². The lowest BCUT2D eigenvalue weighted by Crippen LogP contribution is -2.04. The summed E-state index contributed by atoms with van der Waals surface area (Å²) >= 11 is 0. The molecule has 0 aliphatic rings. The maximum absolute atomic E-state index is 12.8. The molecule has 0 unspecified atom stereocenters. The zero-order valence-corrected chi connectivity index (χ0v) is 19.1. The van der Waals surface area contributed by atoms with Gasteiger partial charge in [0.05, 0.1) is 28.7 Å². The number of carboxylic acids is 1. The molecule has 9 heteroatoms. The van der Waals surface area contributed by atoms with Crippen molar-refractivity contribution in [3.8, 4) is 16.9 Å². The zero-order valence-electron chi connectivity index (χ0n) is 19.1. The third-order valence-electron chi connectivity index (χ3n) is 5.75. The first-order valence-corrected chi connectivity index (χ1v) is 11.2. The minimum atomic E-state index is -4.41. The molecule has 37 heavy (non-hydrogen) atoms. The standard InChI is InChI=1S/C28H19F3N4O2/c29-28(30,31)23-9-11-24(12-10-23)33-32-16-22-17-35(25-13-7-19(8-14-25)27(36)37)34-26(22)21-6-5-18-3-1-2-4-20(18)15-21/h1-17,33H,(H,36,37)/b32-16+. The molecule has 6 nitrogen and oxygen atoms in total. The van der Waals surface area contributed by atoms with E-state index < -0.39 is 17.7 Å². The summed E-state index contributed by atoms with van der Waals surface area (Å²) < 4.78 is 40.1. The van der Waals surface area contributed by atoms with Crippen molar-refractivity contribution in [2.45, 2.75) is 6.18 Å². The summed E-state index contributed by atoms with van der Waals surface area (Å²) in [7, 11) is 0. The Morgan fingerprint density at radius 3 is 2.30 bits per heavy atom. The van der Waals surface area contributed by atoms with Crippen molar-refractivity contribution < 1.29 is 23.1 Å². The number of aromatic carboxylic acids is 1. The number of carbonyl (C=O) groups is 1. The fourth-order valence-electron chi connectivity index (χ4n) is 3.84. The molecule has 5 aromatic rings. The number of halogens is 3. The van der Waals surface area contributed by atoms with E-state index in [1.165, 1.54) is 30.5 Å². The summed E-state index contributed by atoms with van der Waals surface area (Å²) in [5, 5.41) is 20.2. The number of alkyl halides is 3. The van der Waals surface area contributed by atoms with Gasteiger partial charge in [0.2, 0.25) is 0 Å². The van der Waals surface area contributed by atoms with Gasteiger partial charge in [-0.2, -0.15) is 23.4 Å². The zero-order chi connectivity index (χ0) is 26.0. The van der Waals surface area contributed by atoms with Gasteiger partial charge in [0.15, 0.2) is 0 Å². The molecule has 1 aromatic heterocycles. The van der Waals surface area contributed by atoms with E-state index in [0.717, 1.165) is 28.5 Å². The van der Waals surface area contributed by atoms with Crippen molar-refractivity contribution in [3.05, 3.63) is 114 Å². The Hall–Kier alpha value is -4.92. The Morgan fingerprint density at radius 2 is 1.62 bits per heavy atom. The first kappa shape index (κ1) is 23.8. The van der Waals surface area contributed by atoms with Crippen molar-refractivity contribution in [2.75, 3.05) is 5.43 Å². The largest absolute Gasteiger partial charge is 0.478 e. The van der Waals surface area contributed by atoms with Gasteiger partial charge in [-0.1, -0.05) is 36.4 Å². The van der Waals surface area contributed by atoms with Crippen LogP contribution in [0.4, 0.5) is 18.9 Å². The smallest absolute Gasteiger partial charge is 0.416 e. The first-order chi connectivity index (χ1) is 17.8. The van der Waals surface area contributed by atoms with Crippen LogP contribution in [0.25, 0.3) is 27.7 Å². The van der Waals surface area contributed by atoms with Crippen molar-refractivity contribution >= 4 is 28.6 Å². The molecular weight excluding hydrogens is 481 g/mol. The highest BCUT2D eigenvalue weighted by atomic mass is 19.4. The normalized spacial score (nSPS) is 11.8. The van der Waals surface area contributed by atoms with Crippen LogP contribution in [0, 0.1) is 0 Å². The van der Waals surface area contributed by atoms with E-state index in [0.29, 0.717) is 22.6 Å². The molecule has 0 aliphatic carbocycles. The van der Waals surface area contributed by atoms with Gasteiger partial charge in [0.1, 0.15) is 5.69 Å². The third-order valence-corrected chi connectivity index (χ3v) is 5.75. The number of hydrazone groups is 1. The Morgan fingerprint density at radius 1 is 0.919 bits per heavy atom. The fraction of sp³-hybridized carbons (Fsp3) is 0.0357. The predicted molar refractivity (Wildman–Crippen MR) is 136 cm³/mol. The van der Waals surface area contributed by atoms with Gasteiger partial charge in [-0.25, -0.2) is 9.48 Å². The molecule has 0 radical (unpaired) electrons.